The number of fused-ring (bicyclic) bond motifs is 1. The quantitative estimate of drug-likeness (QED) is 0.621. The number of rotatable bonds is 5. The first-order valence-electron chi connectivity index (χ1n) is 10.00. The van der Waals surface area contributed by atoms with Crippen molar-refractivity contribution in [2.75, 3.05) is 6.54 Å². The van der Waals surface area contributed by atoms with Gasteiger partial charge in [-0.3, -0.25) is 14.5 Å². The van der Waals surface area contributed by atoms with Gasteiger partial charge in [0, 0.05) is 5.56 Å². The minimum Gasteiger partial charge on any atom is -0.319 e. The molecule has 1 aliphatic carbocycles. The SMILES string of the molecule is CC[C@@]1(c2ccc(F)cc2)NC(=O)N(CC(=O)c2ccc3c(c2)CCCC3)C1=O. The van der Waals surface area contributed by atoms with E-state index in [-0.39, 0.29) is 12.3 Å². The molecule has 1 atom stereocenters. The van der Waals surface area contributed by atoms with Crippen LogP contribution in [0, 0.1) is 5.82 Å². The molecule has 1 N–H and O–H groups in total. The highest BCUT2D eigenvalue weighted by atomic mass is 19.1. The number of carbonyl (C=O) groups is 3. The molecule has 2 aliphatic rings. The molecule has 6 heteroatoms. The lowest BCUT2D eigenvalue weighted by atomic mass is 9.87. The summed E-state index contributed by atoms with van der Waals surface area (Å²) in [5, 5.41) is 2.72. The van der Waals surface area contributed by atoms with Crippen LogP contribution in [-0.4, -0.2) is 29.2 Å². The Labute approximate surface area is 168 Å². The smallest absolute Gasteiger partial charge is 0.319 e. The Kier molecular flexibility index (Phi) is 4.94. The number of hydrogen-bond donors (Lipinski definition) is 1. The summed E-state index contributed by atoms with van der Waals surface area (Å²) in [6.45, 7) is 1.46. The fourth-order valence-electron chi connectivity index (χ4n) is 4.29. The Hall–Kier alpha value is -3.02. The maximum Gasteiger partial charge on any atom is 0.325 e. The summed E-state index contributed by atoms with van der Waals surface area (Å²) in [4.78, 5) is 39.5. The fourth-order valence-corrected chi connectivity index (χ4v) is 4.29. The number of urea groups is 1. The molecule has 0 saturated carbocycles. The van der Waals surface area contributed by atoms with Gasteiger partial charge in [-0.15, -0.1) is 0 Å². The second-order valence-electron chi connectivity index (χ2n) is 7.70. The highest BCUT2D eigenvalue weighted by molar-refractivity contribution is 6.11. The molecule has 0 aromatic heterocycles. The summed E-state index contributed by atoms with van der Waals surface area (Å²) in [6.07, 6.45) is 4.53. The van der Waals surface area contributed by atoms with E-state index in [1.165, 1.54) is 35.4 Å². The number of carbonyl (C=O) groups excluding carboxylic acids is 3. The van der Waals surface area contributed by atoms with Gasteiger partial charge in [-0.2, -0.15) is 0 Å². The largest absolute Gasteiger partial charge is 0.325 e. The van der Waals surface area contributed by atoms with Gasteiger partial charge < -0.3 is 5.32 Å². The van der Waals surface area contributed by atoms with E-state index >= 15 is 0 Å². The lowest BCUT2D eigenvalue weighted by molar-refractivity contribution is -0.131. The first-order chi connectivity index (χ1) is 13.9. The second-order valence-corrected chi connectivity index (χ2v) is 7.70. The van der Waals surface area contributed by atoms with Crippen LogP contribution in [0.15, 0.2) is 42.5 Å². The summed E-state index contributed by atoms with van der Waals surface area (Å²) in [5.74, 6) is -1.17. The van der Waals surface area contributed by atoms with Crippen LogP contribution >= 0.6 is 0 Å². The van der Waals surface area contributed by atoms with E-state index < -0.39 is 23.3 Å². The minimum atomic E-state index is -1.28. The summed E-state index contributed by atoms with van der Waals surface area (Å²) in [6, 6.07) is 10.5. The average Bonchev–Trinajstić information content (AvgIpc) is 2.99. The molecular formula is C23H23FN2O3. The highest BCUT2D eigenvalue weighted by Crippen LogP contribution is 2.33. The van der Waals surface area contributed by atoms with Gasteiger partial charge in [0.25, 0.3) is 5.91 Å². The number of Topliss-reactive ketones (excluding diaryl/α,β-unsaturated/α-hetero) is 1. The standard InChI is InChI=1S/C23H23FN2O3/c1-2-23(18-9-11-19(24)12-10-18)21(28)26(22(29)25-23)14-20(27)17-8-7-15-5-3-4-6-16(15)13-17/h7-13H,2-6,14H2,1H3,(H,25,29)/t23-/m0/s1. The lowest BCUT2D eigenvalue weighted by Crippen LogP contribution is -2.43. The molecule has 5 nitrogen and oxygen atoms in total. The van der Waals surface area contributed by atoms with Crippen LogP contribution in [0.2, 0.25) is 0 Å². The fraction of sp³-hybridized carbons (Fsp3) is 0.348. The molecule has 0 unspecified atom stereocenters. The number of halogens is 1. The highest BCUT2D eigenvalue weighted by Gasteiger charge is 2.51. The van der Waals surface area contributed by atoms with Gasteiger partial charge >= 0.3 is 6.03 Å². The number of imide groups is 1. The zero-order valence-corrected chi connectivity index (χ0v) is 16.3. The Bertz CT molecular complexity index is 986. The number of ketones is 1. The van der Waals surface area contributed by atoms with Crippen molar-refractivity contribution in [2.24, 2.45) is 0 Å². The van der Waals surface area contributed by atoms with Gasteiger partial charge in [0.15, 0.2) is 5.78 Å². The first kappa shape index (κ1) is 19.3. The van der Waals surface area contributed by atoms with Crippen LogP contribution in [-0.2, 0) is 23.2 Å². The van der Waals surface area contributed by atoms with Gasteiger partial charge in [-0.05, 0) is 67.0 Å². The molecule has 1 aliphatic heterocycles. The van der Waals surface area contributed by atoms with Crippen molar-refractivity contribution >= 4 is 17.7 Å². The average molecular weight is 394 g/mol. The molecule has 0 bridgehead atoms. The van der Waals surface area contributed by atoms with Crippen molar-refractivity contribution in [1.82, 2.24) is 10.2 Å². The van der Waals surface area contributed by atoms with Crippen molar-refractivity contribution in [3.63, 3.8) is 0 Å². The van der Waals surface area contributed by atoms with E-state index in [0.29, 0.717) is 17.5 Å². The molecule has 1 fully saturated rings. The Morgan fingerprint density at radius 3 is 2.45 bits per heavy atom. The first-order valence-corrected chi connectivity index (χ1v) is 10.00. The molecule has 2 aromatic carbocycles. The number of nitrogens with one attached hydrogen (secondary N) is 1. The van der Waals surface area contributed by atoms with Gasteiger partial charge in [-0.1, -0.05) is 31.2 Å². The predicted molar refractivity (Wildman–Crippen MR) is 106 cm³/mol. The summed E-state index contributed by atoms with van der Waals surface area (Å²) in [7, 11) is 0. The lowest BCUT2D eigenvalue weighted by Gasteiger charge is -2.25. The number of hydrogen-bond acceptors (Lipinski definition) is 3. The molecular weight excluding hydrogens is 371 g/mol. The van der Waals surface area contributed by atoms with E-state index in [1.54, 1.807) is 13.0 Å². The van der Waals surface area contributed by atoms with Gasteiger partial charge in [0.1, 0.15) is 11.4 Å². The third-order valence-electron chi connectivity index (χ3n) is 6.02. The van der Waals surface area contributed by atoms with Crippen LogP contribution in [0.1, 0.15) is 53.2 Å². The Balaban J connectivity index is 1.57. The maximum atomic E-state index is 13.3. The molecule has 2 aromatic rings. The molecule has 1 heterocycles. The Morgan fingerprint density at radius 2 is 1.76 bits per heavy atom. The third-order valence-corrected chi connectivity index (χ3v) is 6.02. The predicted octanol–water partition coefficient (Wildman–Crippen LogP) is 3.74. The third kappa shape index (κ3) is 3.33. The summed E-state index contributed by atoms with van der Waals surface area (Å²) < 4.78 is 13.3. The minimum absolute atomic E-state index is 0.270. The van der Waals surface area contributed by atoms with E-state index in [2.05, 4.69) is 5.32 Å². The molecule has 4 rings (SSSR count). The van der Waals surface area contributed by atoms with E-state index in [1.807, 2.05) is 12.1 Å². The zero-order valence-electron chi connectivity index (χ0n) is 16.3. The maximum absolute atomic E-state index is 13.3. The van der Waals surface area contributed by atoms with Gasteiger partial charge in [0.2, 0.25) is 0 Å². The van der Waals surface area contributed by atoms with Crippen LogP contribution in [0.3, 0.4) is 0 Å². The summed E-state index contributed by atoms with van der Waals surface area (Å²) in [5.41, 5.74) is 2.18. The van der Waals surface area contributed by atoms with E-state index in [4.69, 9.17) is 0 Å². The number of amides is 3. The topological polar surface area (TPSA) is 66.5 Å². The molecule has 150 valence electrons. The zero-order chi connectivity index (χ0) is 20.6. The Morgan fingerprint density at radius 1 is 1.07 bits per heavy atom. The molecule has 0 spiro atoms. The van der Waals surface area contributed by atoms with Gasteiger partial charge in [0.05, 0.1) is 6.54 Å². The molecule has 29 heavy (non-hydrogen) atoms. The van der Waals surface area contributed by atoms with Crippen LogP contribution in [0.25, 0.3) is 0 Å². The molecule has 0 radical (unpaired) electrons. The number of aryl methyl sites for hydroxylation is 2. The van der Waals surface area contributed by atoms with Crippen LogP contribution in [0.4, 0.5) is 9.18 Å². The van der Waals surface area contributed by atoms with Gasteiger partial charge in [-0.25, -0.2) is 9.18 Å². The van der Waals surface area contributed by atoms with Crippen LogP contribution in [0.5, 0.6) is 0 Å². The monoisotopic (exact) mass is 394 g/mol. The van der Waals surface area contributed by atoms with E-state index in [0.717, 1.165) is 30.6 Å². The summed E-state index contributed by atoms with van der Waals surface area (Å²) >= 11 is 0. The normalized spacial score (nSPS) is 21.1. The second kappa shape index (κ2) is 7.43. The number of nitrogens with zero attached hydrogens (tertiary/aromatic N) is 1. The van der Waals surface area contributed by atoms with Crippen molar-refractivity contribution in [2.45, 2.75) is 44.6 Å². The molecule has 1 saturated heterocycles. The van der Waals surface area contributed by atoms with Crippen molar-refractivity contribution in [1.29, 1.82) is 0 Å². The van der Waals surface area contributed by atoms with Crippen molar-refractivity contribution in [3.05, 3.63) is 70.5 Å². The van der Waals surface area contributed by atoms with Crippen molar-refractivity contribution < 1.29 is 18.8 Å². The molecule has 3 amide bonds. The van der Waals surface area contributed by atoms with Crippen molar-refractivity contribution in [3.8, 4) is 0 Å². The van der Waals surface area contributed by atoms with E-state index in [9.17, 15) is 18.8 Å². The number of benzene rings is 2. The van der Waals surface area contributed by atoms with Crippen LogP contribution < -0.4 is 5.32 Å².